The first-order valence-corrected chi connectivity index (χ1v) is 8.99. The van der Waals surface area contributed by atoms with Gasteiger partial charge in [0.25, 0.3) is 0 Å². The zero-order valence-corrected chi connectivity index (χ0v) is 14.4. The maximum absolute atomic E-state index is 10.3. The first kappa shape index (κ1) is 20.8. The monoisotopic (exact) mass is 309 g/mol. The third-order valence-electron chi connectivity index (χ3n) is 3.59. The average Bonchev–Trinajstić information content (AvgIpc) is 2.50. The lowest BCUT2D eigenvalue weighted by atomic mass is 10.1. The van der Waals surface area contributed by atoms with Crippen LogP contribution in [0.5, 0.6) is 0 Å². The minimum absolute atomic E-state index is 0.462. The Labute approximate surface area is 137 Å². The zero-order valence-electron chi connectivity index (χ0n) is 14.4. The molecule has 0 unspecified atom stereocenters. The molecule has 0 aliphatic rings. The van der Waals surface area contributed by atoms with Crippen LogP contribution in [0.4, 0.5) is 4.79 Å². The van der Waals surface area contributed by atoms with Crippen LogP contribution in [0.25, 0.3) is 0 Å². The van der Waals surface area contributed by atoms with E-state index in [4.69, 9.17) is 5.73 Å². The molecule has 128 valence electrons. The van der Waals surface area contributed by atoms with Crippen LogP contribution in [0.1, 0.15) is 84.0 Å². The molecule has 0 aliphatic heterocycles. The maximum Gasteiger partial charge on any atom is 0.404 e. The second-order valence-corrected chi connectivity index (χ2v) is 5.75. The van der Waals surface area contributed by atoms with Crippen molar-refractivity contribution in [3.63, 3.8) is 0 Å². The molecule has 0 bridgehead atoms. The van der Waals surface area contributed by atoms with Gasteiger partial charge in [-0.1, -0.05) is 69.8 Å². The molecule has 22 heavy (non-hydrogen) atoms. The van der Waals surface area contributed by atoms with Crippen LogP contribution in [0.2, 0.25) is 0 Å². The number of carbonyl (C=O) groups is 1. The summed E-state index contributed by atoms with van der Waals surface area (Å²) in [5.74, 6) is 0. The summed E-state index contributed by atoms with van der Waals surface area (Å²) in [6.45, 7) is 2.70. The second kappa shape index (κ2) is 17.8. The van der Waals surface area contributed by atoms with Crippen LogP contribution in [-0.4, -0.2) is 12.7 Å². The molecule has 3 nitrogen and oxygen atoms in total. The van der Waals surface area contributed by atoms with Gasteiger partial charge in [-0.05, 0) is 38.5 Å². The number of amides is 1. The van der Waals surface area contributed by atoms with E-state index in [2.05, 4.69) is 36.0 Å². The summed E-state index contributed by atoms with van der Waals surface area (Å²) in [6, 6.07) is 0. The van der Waals surface area contributed by atoms with Crippen LogP contribution in [-0.2, 0) is 4.74 Å². The molecule has 0 atom stereocenters. The van der Waals surface area contributed by atoms with Crippen LogP contribution in [0.3, 0.4) is 0 Å². The van der Waals surface area contributed by atoms with Gasteiger partial charge in [0.2, 0.25) is 0 Å². The molecule has 0 radical (unpaired) electrons. The SMILES string of the molecule is CCCCC/C=C\C/C=C\CCCCCCCCOC(N)=O. The highest BCUT2D eigenvalue weighted by Gasteiger charge is 1.94. The van der Waals surface area contributed by atoms with Crippen molar-refractivity contribution >= 4 is 6.09 Å². The lowest BCUT2D eigenvalue weighted by Gasteiger charge is -2.01. The van der Waals surface area contributed by atoms with Gasteiger partial charge in [-0.2, -0.15) is 0 Å². The first-order valence-electron chi connectivity index (χ1n) is 8.99. The Morgan fingerprint density at radius 1 is 0.818 bits per heavy atom. The van der Waals surface area contributed by atoms with E-state index in [1.807, 2.05) is 0 Å². The predicted molar refractivity (Wildman–Crippen MR) is 94.9 cm³/mol. The topological polar surface area (TPSA) is 52.3 Å². The van der Waals surface area contributed by atoms with Crippen molar-refractivity contribution in [2.45, 2.75) is 84.0 Å². The number of hydrogen-bond acceptors (Lipinski definition) is 2. The molecule has 0 saturated carbocycles. The largest absolute Gasteiger partial charge is 0.450 e. The number of nitrogens with two attached hydrogens (primary N) is 1. The van der Waals surface area contributed by atoms with Gasteiger partial charge < -0.3 is 10.5 Å². The maximum atomic E-state index is 10.3. The van der Waals surface area contributed by atoms with Crippen molar-refractivity contribution < 1.29 is 9.53 Å². The fourth-order valence-electron chi connectivity index (χ4n) is 2.26. The first-order chi connectivity index (χ1) is 10.8. The Morgan fingerprint density at radius 2 is 1.36 bits per heavy atom. The summed E-state index contributed by atoms with van der Waals surface area (Å²) in [4.78, 5) is 10.3. The van der Waals surface area contributed by atoms with Crippen molar-refractivity contribution in [3.8, 4) is 0 Å². The minimum Gasteiger partial charge on any atom is -0.450 e. The van der Waals surface area contributed by atoms with E-state index in [9.17, 15) is 4.79 Å². The van der Waals surface area contributed by atoms with E-state index in [1.165, 1.54) is 57.8 Å². The summed E-state index contributed by atoms with van der Waals surface area (Å²) >= 11 is 0. The zero-order chi connectivity index (χ0) is 16.3. The lowest BCUT2D eigenvalue weighted by molar-refractivity contribution is 0.154. The quantitative estimate of drug-likeness (QED) is 0.302. The Bertz CT molecular complexity index is 298. The summed E-state index contributed by atoms with van der Waals surface area (Å²) in [7, 11) is 0. The van der Waals surface area contributed by atoms with E-state index >= 15 is 0 Å². The van der Waals surface area contributed by atoms with E-state index in [0.29, 0.717) is 6.61 Å². The molecule has 0 aromatic heterocycles. The van der Waals surface area contributed by atoms with E-state index in [-0.39, 0.29) is 0 Å². The number of hydrogen-bond donors (Lipinski definition) is 1. The summed E-state index contributed by atoms with van der Waals surface area (Å²) in [5, 5.41) is 0. The number of allylic oxidation sites excluding steroid dienone is 4. The molecule has 1 amide bonds. The normalized spacial score (nSPS) is 11.5. The van der Waals surface area contributed by atoms with E-state index < -0.39 is 6.09 Å². The molecular weight excluding hydrogens is 274 g/mol. The van der Waals surface area contributed by atoms with E-state index in [0.717, 1.165) is 19.3 Å². The standard InChI is InChI=1S/C19H35NO2/c1-2-3-4-5-6-7-8-9-10-11-12-13-14-15-16-17-18-22-19(20)21/h6-7,9-10H,2-5,8,11-18H2,1H3,(H2,20,21)/b7-6-,10-9-. The molecule has 0 rings (SSSR count). The summed E-state index contributed by atoms with van der Waals surface area (Å²) in [5.41, 5.74) is 4.89. The molecule has 0 aromatic rings. The highest BCUT2D eigenvalue weighted by molar-refractivity contribution is 5.64. The Hall–Kier alpha value is -1.25. The molecule has 2 N–H and O–H groups in total. The molecular formula is C19H35NO2. The Morgan fingerprint density at radius 3 is 1.95 bits per heavy atom. The van der Waals surface area contributed by atoms with Crippen molar-refractivity contribution in [2.24, 2.45) is 5.73 Å². The number of primary amides is 1. The van der Waals surface area contributed by atoms with Crippen molar-refractivity contribution in [2.75, 3.05) is 6.61 Å². The lowest BCUT2D eigenvalue weighted by Crippen LogP contribution is -2.13. The third kappa shape index (κ3) is 18.8. The molecule has 0 fully saturated rings. The number of unbranched alkanes of at least 4 members (excludes halogenated alkanes) is 9. The molecule has 0 spiro atoms. The van der Waals surface area contributed by atoms with Gasteiger partial charge in [-0.25, -0.2) is 4.79 Å². The van der Waals surface area contributed by atoms with Gasteiger partial charge in [-0.3, -0.25) is 0 Å². The molecule has 0 heterocycles. The molecule has 0 aromatic carbocycles. The number of rotatable bonds is 15. The van der Waals surface area contributed by atoms with Crippen LogP contribution in [0, 0.1) is 0 Å². The minimum atomic E-state index is -0.664. The van der Waals surface area contributed by atoms with Gasteiger partial charge in [0.15, 0.2) is 0 Å². The van der Waals surface area contributed by atoms with Crippen molar-refractivity contribution in [3.05, 3.63) is 24.3 Å². The Kier molecular flexibility index (Phi) is 16.8. The van der Waals surface area contributed by atoms with Gasteiger partial charge in [0.05, 0.1) is 6.61 Å². The fraction of sp³-hybridized carbons (Fsp3) is 0.737. The number of carbonyl (C=O) groups excluding carboxylic acids is 1. The molecule has 3 heteroatoms. The van der Waals surface area contributed by atoms with Crippen LogP contribution >= 0.6 is 0 Å². The van der Waals surface area contributed by atoms with Crippen LogP contribution in [0.15, 0.2) is 24.3 Å². The van der Waals surface area contributed by atoms with Crippen LogP contribution < -0.4 is 5.73 Å². The number of ether oxygens (including phenoxy) is 1. The van der Waals surface area contributed by atoms with Gasteiger partial charge in [0.1, 0.15) is 0 Å². The van der Waals surface area contributed by atoms with Crippen molar-refractivity contribution in [1.82, 2.24) is 0 Å². The van der Waals surface area contributed by atoms with E-state index in [1.54, 1.807) is 0 Å². The predicted octanol–water partition coefficient (Wildman–Crippen LogP) is 5.90. The van der Waals surface area contributed by atoms with Crippen molar-refractivity contribution in [1.29, 1.82) is 0 Å². The highest BCUT2D eigenvalue weighted by Crippen LogP contribution is 2.08. The second-order valence-electron chi connectivity index (χ2n) is 5.75. The summed E-state index contributed by atoms with van der Waals surface area (Å²) < 4.78 is 4.69. The molecule has 0 saturated heterocycles. The molecule has 0 aliphatic carbocycles. The summed E-state index contributed by atoms with van der Waals surface area (Å²) in [6.07, 6.45) is 23.0. The van der Waals surface area contributed by atoms with Gasteiger partial charge in [0, 0.05) is 0 Å². The van der Waals surface area contributed by atoms with Gasteiger partial charge >= 0.3 is 6.09 Å². The Balaban J connectivity index is 3.15. The van der Waals surface area contributed by atoms with Gasteiger partial charge in [-0.15, -0.1) is 0 Å². The highest BCUT2D eigenvalue weighted by atomic mass is 16.5. The fourth-order valence-corrected chi connectivity index (χ4v) is 2.26. The smallest absolute Gasteiger partial charge is 0.404 e. The average molecular weight is 309 g/mol. The third-order valence-corrected chi connectivity index (χ3v) is 3.59.